The molecule has 0 unspecified atom stereocenters. The molecule has 3 rings (SSSR count). The Hall–Kier alpha value is -2.80. The van der Waals surface area contributed by atoms with E-state index >= 15 is 0 Å². The van der Waals surface area contributed by atoms with Crippen LogP contribution in [0.15, 0.2) is 43.0 Å². The molecule has 7 heteroatoms. The number of hydrogen-bond acceptors (Lipinski definition) is 5. The molecule has 0 spiro atoms. The van der Waals surface area contributed by atoms with Crippen molar-refractivity contribution < 1.29 is 14.3 Å². The van der Waals surface area contributed by atoms with Crippen molar-refractivity contribution in [3.63, 3.8) is 0 Å². The third kappa shape index (κ3) is 4.84. The highest BCUT2D eigenvalue weighted by Gasteiger charge is 2.44. The van der Waals surface area contributed by atoms with Gasteiger partial charge < -0.3 is 14.5 Å². The molecular formula is C23H30N4O3. The molecule has 2 aromatic rings. The Morgan fingerprint density at radius 2 is 1.93 bits per heavy atom. The minimum absolute atomic E-state index is 0.0391. The summed E-state index contributed by atoms with van der Waals surface area (Å²) < 4.78 is 5.07. The monoisotopic (exact) mass is 410 g/mol. The fraction of sp³-hybridized carbons (Fsp3) is 0.478. The molecule has 1 saturated heterocycles. The summed E-state index contributed by atoms with van der Waals surface area (Å²) in [5.74, 6) is 0.100. The number of amides is 2. The quantitative estimate of drug-likeness (QED) is 0.701. The first-order chi connectivity index (χ1) is 14.5. The molecule has 0 radical (unpaired) electrons. The highest BCUT2D eigenvalue weighted by Crippen LogP contribution is 2.38. The number of rotatable bonds is 7. The fourth-order valence-electron chi connectivity index (χ4n) is 4.32. The van der Waals surface area contributed by atoms with E-state index in [0.717, 1.165) is 29.5 Å². The van der Waals surface area contributed by atoms with Crippen LogP contribution in [0.4, 0.5) is 0 Å². The highest BCUT2D eigenvalue weighted by molar-refractivity contribution is 5.85. The van der Waals surface area contributed by atoms with Gasteiger partial charge in [0.15, 0.2) is 0 Å². The van der Waals surface area contributed by atoms with E-state index in [9.17, 15) is 9.59 Å². The largest absolute Gasteiger partial charge is 0.384 e. The van der Waals surface area contributed by atoms with Crippen LogP contribution in [-0.2, 0) is 20.7 Å². The maximum absolute atomic E-state index is 13.4. The predicted octanol–water partition coefficient (Wildman–Crippen LogP) is 2.42. The van der Waals surface area contributed by atoms with Gasteiger partial charge in [0.1, 0.15) is 6.33 Å². The Morgan fingerprint density at radius 3 is 2.63 bits per heavy atom. The minimum atomic E-state index is -0.657. The first-order valence-electron chi connectivity index (χ1n) is 10.3. The van der Waals surface area contributed by atoms with Crippen molar-refractivity contribution in [3.8, 4) is 11.1 Å². The topological polar surface area (TPSA) is 75.6 Å². The van der Waals surface area contributed by atoms with Crippen LogP contribution in [0.1, 0.15) is 24.8 Å². The predicted molar refractivity (Wildman–Crippen MR) is 115 cm³/mol. The summed E-state index contributed by atoms with van der Waals surface area (Å²) >= 11 is 0. The molecule has 1 aromatic heterocycles. The molecule has 1 aromatic carbocycles. The normalized spacial score (nSPS) is 18.8. The number of carbonyl (C=O) groups excluding carboxylic acids is 2. The van der Waals surface area contributed by atoms with Gasteiger partial charge in [0.25, 0.3) is 0 Å². The van der Waals surface area contributed by atoms with Crippen LogP contribution in [-0.4, -0.2) is 72.5 Å². The van der Waals surface area contributed by atoms with Crippen LogP contribution < -0.4 is 0 Å². The lowest BCUT2D eigenvalue weighted by Crippen LogP contribution is -2.54. The zero-order chi connectivity index (χ0) is 21.6. The Balaban J connectivity index is 1.94. The molecular weight excluding hydrogens is 380 g/mol. The lowest BCUT2D eigenvalue weighted by atomic mass is 9.73. The molecule has 0 aliphatic carbocycles. The third-order valence-electron chi connectivity index (χ3n) is 5.73. The number of methoxy groups -OCH3 is 1. The zero-order valence-electron chi connectivity index (χ0n) is 18.0. The maximum atomic E-state index is 13.4. The van der Waals surface area contributed by atoms with Crippen LogP contribution in [0.25, 0.3) is 11.1 Å². The Bertz CT molecular complexity index is 872. The van der Waals surface area contributed by atoms with Gasteiger partial charge in [-0.25, -0.2) is 9.97 Å². The molecule has 0 N–H and O–H groups in total. The zero-order valence-corrected chi connectivity index (χ0v) is 18.0. The average molecular weight is 411 g/mol. The number of carbonyl (C=O) groups is 2. The Kier molecular flexibility index (Phi) is 7.15. The maximum Gasteiger partial charge on any atom is 0.230 e. The molecule has 2 heterocycles. The molecule has 1 aliphatic heterocycles. The van der Waals surface area contributed by atoms with Crippen molar-refractivity contribution in [1.82, 2.24) is 19.8 Å². The van der Waals surface area contributed by atoms with Gasteiger partial charge in [0.05, 0.1) is 18.4 Å². The number of hydrogen-bond donors (Lipinski definition) is 0. The van der Waals surface area contributed by atoms with Gasteiger partial charge >= 0.3 is 0 Å². The second-order valence-electron chi connectivity index (χ2n) is 8.10. The summed E-state index contributed by atoms with van der Waals surface area (Å²) in [6.45, 7) is 1.49. The minimum Gasteiger partial charge on any atom is -0.384 e. The van der Waals surface area contributed by atoms with Crippen LogP contribution in [0.3, 0.4) is 0 Å². The van der Waals surface area contributed by atoms with E-state index in [1.165, 1.54) is 6.33 Å². The first-order valence-corrected chi connectivity index (χ1v) is 10.3. The molecule has 160 valence electrons. The molecule has 1 fully saturated rings. The van der Waals surface area contributed by atoms with E-state index in [0.29, 0.717) is 32.5 Å². The average Bonchev–Trinajstić information content (AvgIpc) is 2.78. The van der Waals surface area contributed by atoms with Gasteiger partial charge in [-0.15, -0.1) is 0 Å². The van der Waals surface area contributed by atoms with Gasteiger partial charge in [-0.05, 0) is 30.4 Å². The van der Waals surface area contributed by atoms with Crippen molar-refractivity contribution in [3.05, 3.63) is 48.5 Å². The van der Waals surface area contributed by atoms with Gasteiger partial charge in [-0.3, -0.25) is 9.59 Å². The van der Waals surface area contributed by atoms with Crippen molar-refractivity contribution in [2.45, 2.75) is 25.7 Å². The summed E-state index contributed by atoms with van der Waals surface area (Å²) in [6.07, 6.45) is 7.52. The summed E-state index contributed by atoms with van der Waals surface area (Å²) in [7, 11) is 5.16. The smallest absolute Gasteiger partial charge is 0.230 e. The van der Waals surface area contributed by atoms with E-state index in [1.54, 1.807) is 38.5 Å². The van der Waals surface area contributed by atoms with Crippen LogP contribution in [0.5, 0.6) is 0 Å². The lowest BCUT2D eigenvalue weighted by Gasteiger charge is -2.43. The molecule has 0 bridgehead atoms. The van der Waals surface area contributed by atoms with Crippen LogP contribution >= 0.6 is 0 Å². The second kappa shape index (κ2) is 9.80. The number of piperidine rings is 1. The molecule has 2 amide bonds. The van der Waals surface area contributed by atoms with E-state index < -0.39 is 5.41 Å². The number of ether oxygens (including phenoxy) is 1. The van der Waals surface area contributed by atoms with Gasteiger partial charge in [-0.2, -0.15) is 0 Å². The van der Waals surface area contributed by atoms with E-state index in [-0.39, 0.29) is 11.8 Å². The highest BCUT2D eigenvalue weighted by atomic mass is 16.5. The Morgan fingerprint density at radius 1 is 1.20 bits per heavy atom. The third-order valence-corrected chi connectivity index (χ3v) is 5.73. The van der Waals surface area contributed by atoms with E-state index in [4.69, 9.17) is 4.74 Å². The number of benzene rings is 1. The SMILES string of the molecule is COCCC(=O)N1CCC[C@](Cc2ccccc2-c2cncnc2)(C(=O)N(C)C)C1. The lowest BCUT2D eigenvalue weighted by molar-refractivity contribution is -0.147. The number of likely N-dealkylation sites (tertiary alicyclic amines) is 1. The fourth-order valence-corrected chi connectivity index (χ4v) is 4.32. The van der Waals surface area contributed by atoms with Crippen molar-refractivity contribution in [1.29, 1.82) is 0 Å². The second-order valence-corrected chi connectivity index (χ2v) is 8.10. The van der Waals surface area contributed by atoms with Gasteiger partial charge in [0, 0.05) is 52.3 Å². The summed E-state index contributed by atoms with van der Waals surface area (Å²) in [5, 5.41) is 0. The van der Waals surface area contributed by atoms with Crippen molar-refractivity contribution >= 4 is 11.8 Å². The summed E-state index contributed by atoms with van der Waals surface area (Å²) in [4.78, 5) is 37.8. The Labute approximate surface area is 178 Å². The van der Waals surface area contributed by atoms with E-state index in [2.05, 4.69) is 16.0 Å². The number of aromatic nitrogens is 2. The van der Waals surface area contributed by atoms with Crippen LogP contribution in [0, 0.1) is 5.41 Å². The summed E-state index contributed by atoms with van der Waals surface area (Å²) in [5.41, 5.74) is 2.35. The first kappa shape index (κ1) is 21.9. The summed E-state index contributed by atoms with van der Waals surface area (Å²) in [6, 6.07) is 8.05. The molecule has 1 aliphatic rings. The van der Waals surface area contributed by atoms with Crippen molar-refractivity contribution in [2.75, 3.05) is 40.9 Å². The molecule has 1 atom stereocenters. The van der Waals surface area contributed by atoms with Crippen LogP contribution in [0.2, 0.25) is 0 Å². The van der Waals surface area contributed by atoms with Crippen molar-refractivity contribution in [2.24, 2.45) is 5.41 Å². The standard InChI is InChI=1S/C23H30N4O3/c1-26(2)22(29)23(10-6-11-27(16-23)21(28)9-12-30-3)13-18-7-4-5-8-20(18)19-14-24-17-25-15-19/h4-5,7-8,14-15,17H,6,9-13,16H2,1-3H3/t23-/m1/s1. The molecule has 0 saturated carbocycles. The van der Waals surface area contributed by atoms with Gasteiger partial charge in [-0.1, -0.05) is 24.3 Å². The van der Waals surface area contributed by atoms with E-state index in [1.807, 2.05) is 23.1 Å². The molecule has 30 heavy (non-hydrogen) atoms. The molecule has 7 nitrogen and oxygen atoms in total. The van der Waals surface area contributed by atoms with Gasteiger partial charge in [0.2, 0.25) is 11.8 Å². The number of nitrogens with zero attached hydrogens (tertiary/aromatic N) is 4.